The first-order valence-electron chi connectivity index (χ1n) is 5.47. The van der Waals surface area contributed by atoms with Gasteiger partial charge >= 0.3 is 0 Å². The van der Waals surface area contributed by atoms with Crippen LogP contribution < -0.4 is 10.5 Å². The smallest absolute Gasteiger partial charge is 0.119 e. The molecule has 0 heterocycles. The SMILES string of the molecule is NCC#Cc1ccc(OCCSCCO)cc1. The van der Waals surface area contributed by atoms with Crippen molar-refractivity contribution in [3.8, 4) is 17.6 Å². The summed E-state index contributed by atoms with van der Waals surface area (Å²) in [6.07, 6.45) is 0. The second-order valence-electron chi connectivity index (χ2n) is 3.21. The highest BCUT2D eigenvalue weighted by Gasteiger charge is 1.94. The van der Waals surface area contributed by atoms with Gasteiger partial charge < -0.3 is 15.6 Å². The average molecular weight is 251 g/mol. The molecule has 1 aromatic carbocycles. The van der Waals surface area contributed by atoms with Crippen molar-refractivity contribution in [1.29, 1.82) is 0 Å². The Morgan fingerprint density at radius 1 is 1.24 bits per heavy atom. The van der Waals surface area contributed by atoms with Gasteiger partial charge in [0, 0.05) is 17.1 Å². The first kappa shape index (κ1) is 13.9. The Kier molecular flexibility index (Phi) is 7.32. The summed E-state index contributed by atoms with van der Waals surface area (Å²) in [5, 5.41) is 8.60. The zero-order valence-electron chi connectivity index (χ0n) is 9.69. The van der Waals surface area contributed by atoms with Gasteiger partial charge in [-0.05, 0) is 24.3 Å². The van der Waals surface area contributed by atoms with E-state index in [2.05, 4.69) is 11.8 Å². The summed E-state index contributed by atoms with van der Waals surface area (Å²) in [6.45, 7) is 1.25. The van der Waals surface area contributed by atoms with Gasteiger partial charge in [-0.3, -0.25) is 0 Å². The first-order valence-corrected chi connectivity index (χ1v) is 6.62. The van der Waals surface area contributed by atoms with Crippen molar-refractivity contribution >= 4 is 11.8 Å². The summed E-state index contributed by atoms with van der Waals surface area (Å²) >= 11 is 1.68. The Labute approximate surface area is 106 Å². The quantitative estimate of drug-likeness (QED) is 0.587. The molecule has 0 fully saturated rings. The first-order chi connectivity index (χ1) is 8.36. The fourth-order valence-electron chi connectivity index (χ4n) is 1.17. The summed E-state index contributed by atoms with van der Waals surface area (Å²) in [6, 6.07) is 7.63. The minimum atomic E-state index is 0.221. The van der Waals surface area contributed by atoms with Crippen LogP contribution >= 0.6 is 11.8 Å². The van der Waals surface area contributed by atoms with Gasteiger partial charge in [0.25, 0.3) is 0 Å². The standard InChI is InChI=1S/C13H17NO2S/c14-7-1-2-12-3-5-13(6-4-12)16-9-11-17-10-8-15/h3-6,15H,7-11,14H2. The number of hydrogen-bond donors (Lipinski definition) is 2. The molecule has 0 aliphatic heterocycles. The van der Waals surface area contributed by atoms with Crippen LogP contribution in [0.2, 0.25) is 0 Å². The lowest BCUT2D eigenvalue weighted by atomic mass is 10.2. The van der Waals surface area contributed by atoms with Crippen molar-refractivity contribution in [1.82, 2.24) is 0 Å². The summed E-state index contributed by atoms with van der Waals surface area (Å²) in [5.41, 5.74) is 6.24. The predicted octanol–water partition coefficient (Wildman–Crippen LogP) is 1.10. The number of thioether (sulfide) groups is 1. The lowest BCUT2D eigenvalue weighted by Gasteiger charge is -2.05. The Morgan fingerprint density at radius 2 is 2.00 bits per heavy atom. The molecule has 0 aliphatic carbocycles. The molecule has 0 bridgehead atoms. The largest absolute Gasteiger partial charge is 0.493 e. The van der Waals surface area contributed by atoms with Crippen molar-refractivity contribution in [2.24, 2.45) is 5.73 Å². The number of ether oxygens (including phenoxy) is 1. The van der Waals surface area contributed by atoms with Crippen LogP contribution in [0.1, 0.15) is 5.56 Å². The fourth-order valence-corrected chi connectivity index (χ4v) is 1.71. The second kappa shape index (κ2) is 8.94. The Hall–Kier alpha value is -1.15. The van der Waals surface area contributed by atoms with Crippen LogP contribution in [-0.2, 0) is 0 Å². The van der Waals surface area contributed by atoms with Gasteiger partial charge in [0.1, 0.15) is 5.75 Å². The Morgan fingerprint density at radius 3 is 2.65 bits per heavy atom. The molecule has 0 aromatic heterocycles. The third kappa shape index (κ3) is 6.22. The third-order valence-corrected chi connectivity index (χ3v) is 2.85. The molecule has 92 valence electrons. The molecule has 0 spiro atoms. The van der Waals surface area contributed by atoms with Crippen LogP contribution in [0.5, 0.6) is 5.75 Å². The predicted molar refractivity (Wildman–Crippen MR) is 72.3 cm³/mol. The van der Waals surface area contributed by atoms with E-state index in [0.29, 0.717) is 13.2 Å². The van der Waals surface area contributed by atoms with E-state index < -0.39 is 0 Å². The average Bonchev–Trinajstić information content (AvgIpc) is 2.37. The molecule has 3 N–H and O–H groups in total. The van der Waals surface area contributed by atoms with Crippen molar-refractivity contribution in [2.45, 2.75) is 0 Å². The van der Waals surface area contributed by atoms with Gasteiger partial charge in [0.2, 0.25) is 0 Å². The zero-order chi connectivity index (χ0) is 12.3. The van der Waals surface area contributed by atoms with E-state index in [0.717, 1.165) is 22.8 Å². The molecular formula is C13H17NO2S. The summed E-state index contributed by atoms with van der Waals surface area (Å²) in [4.78, 5) is 0. The molecule has 1 rings (SSSR count). The lowest BCUT2D eigenvalue weighted by molar-refractivity contribution is 0.321. The van der Waals surface area contributed by atoms with Crippen molar-refractivity contribution in [3.63, 3.8) is 0 Å². The van der Waals surface area contributed by atoms with E-state index in [1.165, 1.54) is 0 Å². The molecule has 17 heavy (non-hydrogen) atoms. The number of aliphatic hydroxyl groups excluding tert-OH is 1. The highest BCUT2D eigenvalue weighted by molar-refractivity contribution is 7.99. The maximum atomic E-state index is 8.60. The van der Waals surface area contributed by atoms with Gasteiger partial charge in [0.15, 0.2) is 0 Å². The number of rotatable bonds is 6. The molecule has 3 nitrogen and oxygen atoms in total. The number of benzene rings is 1. The van der Waals surface area contributed by atoms with Gasteiger partial charge in [0.05, 0.1) is 19.8 Å². The highest BCUT2D eigenvalue weighted by atomic mass is 32.2. The van der Waals surface area contributed by atoms with Crippen LogP contribution in [0.15, 0.2) is 24.3 Å². The molecule has 1 aromatic rings. The maximum absolute atomic E-state index is 8.60. The molecule has 0 amide bonds. The zero-order valence-corrected chi connectivity index (χ0v) is 10.5. The highest BCUT2D eigenvalue weighted by Crippen LogP contribution is 2.12. The van der Waals surface area contributed by atoms with Crippen LogP contribution in [0, 0.1) is 11.8 Å². The molecular weight excluding hydrogens is 234 g/mol. The molecule has 0 unspecified atom stereocenters. The fraction of sp³-hybridized carbons (Fsp3) is 0.385. The van der Waals surface area contributed by atoms with Crippen molar-refractivity contribution in [3.05, 3.63) is 29.8 Å². The molecule has 4 heteroatoms. The Bertz CT molecular complexity index is 367. The molecule has 0 saturated heterocycles. The van der Waals surface area contributed by atoms with E-state index >= 15 is 0 Å². The van der Waals surface area contributed by atoms with E-state index in [1.54, 1.807) is 11.8 Å². The van der Waals surface area contributed by atoms with E-state index in [-0.39, 0.29) is 6.61 Å². The van der Waals surface area contributed by atoms with E-state index in [1.807, 2.05) is 24.3 Å². The van der Waals surface area contributed by atoms with Crippen molar-refractivity contribution < 1.29 is 9.84 Å². The number of hydrogen-bond acceptors (Lipinski definition) is 4. The van der Waals surface area contributed by atoms with Crippen LogP contribution in [0.4, 0.5) is 0 Å². The summed E-state index contributed by atoms with van der Waals surface area (Å²) < 4.78 is 5.54. The minimum absolute atomic E-state index is 0.221. The Balaban J connectivity index is 2.30. The molecule has 0 radical (unpaired) electrons. The number of aliphatic hydroxyl groups is 1. The molecule has 0 aliphatic rings. The lowest BCUT2D eigenvalue weighted by Crippen LogP contribution is -2.01. The third-order valence-electron chi connectivity index (χ3n) is 1.92. The number of nitrogens with two attached hydrogens (primary N) is 1. The van der Waals surface area contributed by atoms with Crippen molar-refractivity contribution in [2.75, 3.05) is 31.3 Å². The molecule has 0 saturated carbocycles. The van der Waals surface area contributed by atoms with Gasteiger partial charge in [-0.2, -0.15) is 11.8 Å². The minimum Gasteiger partial charge on any atom is -0.493 e. The summed E-state index contributed by atoms with van der Waals surface area (Å²) in [5.74, 6) is 8.24. The monoisotopic (exact) mass is 251 g/mol. The van der Waals surface area contributed by atoms with Crippen LogP contribution in [-0.4, -0.2) is 36.4 Å². The molecule has 0 atom stereocenters. The topological polar surface area (TPSA) is 55.5 Å². The van der Waals surface area contributed by atoms with Gasteiger partial charge in [-0.25, -0.2) is 0 Å². The van der Waals surface area contributed by atoms with E-state index in [9.17, 15) is 0 Å². The normalized spacial score (nSPS) is 9.53. The van der Waals surface area contributed by atoms with Crippen LogP contribution in [0.3, 0.4) is 0 Å². The maximum Gasteiger partial charge on any atom is 0.119 e. The second-order valence-corrected chi connectivity index (χ2v) is 4.44. The van der Waals surface area contributed by atoms with Gasteiger partial charge in [-0.1, -0.05) is 11.8 Å². The van der Waals surface area contributed by atoms with E-state index in [4.69, 9.17) is 15.6 Å². The summed E-state index contributed by atoms with van der Waals surface area (Å²) in [7, 11) is 0. The van der Waals surface area contributed by atoms with Gasteiger partial charge in [-0.15, -0.1) is 0 Å². The van der Waals surface area contributed by atoms with Crippen LogP contribution in [0.25, 0.3) is 0 Å².